The molecule has 0 aromatic heterocycles. The fourth-order valence-corrected chi connectivity index (χ4v) is 5.88. The second-order valence-corrected chi connectivity index (χ2v) is 11.4. The first-order valence-electron chi connectivity index (χ1n) is 15.9. The van der Waals surface area contributed by atoms with E-state index in [1.54, 1.807) is 0 Å². The summed E-state index contributed by atoms with van der Waals surface area (Å²) in [4.78, 5) is 24.4. The lowest BCUT2D eigenvalue weighted by Crippen LogP contribution is -2.39. The zero-order valence-corrected chi connectivity index (χ0v) is 24.5. The molecule has 2 atom stereocenters. The fourth-order valence-electron chi connectivity index (χ4n) is 5.88. The molecule has 0 fully saturated rings. The second-order valence-electron chi connectivity index (χ2n) is 11.4. The molecular weight excluding hydrogens is 448 g/mol. The third-order valence-corrected chi connectivity index (χ3v) is 8.27. The fraction of sp³-hybridized carbons (Fsp3) is 0.938. The van der Waals surface area contributed by atoms with Gasteiger partial charge in [-0.25, -0.2) is 0 Å². The van der Waals surface area contributed by atoms with E-state index in [9.17, 15) is 19.8 Å². The first kappa shape index (κ1) is 34.9. The predicted molar refractivity (Wildman–Crippen MR) is 154 cm³/mol. The van der Waals surface area contributed by atoms with Crippen LogP contribution in [0, 0.1) is 11.3 Å². The molecule has 0 saturated heterocycles. The monoisotopic (exact) mass is 510 g/mol. The van der Waals surface area contributed by atoms with E-state index in [1.165, 1.54) is 89.9 Å². The smallest absolute Gasteiger partial charge is 0.309 e. The molecule has 0 aromatic carbocycles. The van der Waals surface area contributed by atoms with Crippen molar-refractivity contribution in [2.45, 2.75) is 181 Å². The van der Waals surface area contributed by atoms with Gasteiger partial charge in [-0.15, -0.1) is 0 Å². The maximum absolute atomic E-state index is 12.9. The summed E-state index contributed by atoms with van der Waals surface area (Å²) in [5.74, 6) is -1.49. The van der Waals surface area contributed by atoms with Crippen molar-refractivity contribution >= 4 is 11.9 Å². The number of unbranched alkanes of at least 4 members (excludes halogenated alkanes) is 17. The van der Waals surface area contributed by atoms with Crippen LogP contribution in [0.2, 0.25) is 0 Å². The molecule has 0 aliphatic carbocycles. The van der Waals surface area contributed by atoms with Gasteiger partial charge in [0, 0.05) is 6.42 Å². The molecule has 4 heteroatoms. The number of carboxylic acid groups (broad SMARTS) is 2. The Morgan fingerprint density at radius 3 is 1.25 bits per heavy atom. The lowest BCUT2D eigenvalue weighted by atomic mass is 9.65. The maximum Gasteiger partial charge on any atom is 0.309 e. The highest BCUT2D eigenvalue weighted by Gasteiger charge is 2.44. The van der Waals surface area contributed by atoms with Crippen LogP contribution in [0.3, 0.4) is 0 Å². The lowest BCUT2D eigenvalue weighted by molar-refractivity contribution is -0.156. The van der Waals surface area contributed by atoms with Crippen molar-refractivity contribution in [2.24, 2.45) is 11.3 Å². The topological polar surface area (TPSA) is 74.6 Å². The SMILES string of the molecule is CCCCCCCCCCC(CCCCCCCC)(C(=O)O)C(CCCCCCCC)CCC(=O)O. The molecule has 0 aliphatic rings. The molecule has 0 bridgehead atoms. The van der Waals surface area contributed by atoms with Gasteiger partial charge >= 0.3 is 11.9 Å². The van der Waals surface area contributed by atoms with Crippen LogP contribution in [0.1, 0.15) is 181 Å². The number of aliphatic carboxylic acids is 2. The van der Waals surface area contributed by atoms with Crippen LogP contribution in [0.4, 0.5) is 0 Å². The third-order valence-electron chi connectivity index (χ3n) is 8.27. The first-order chi connectivity index (χ1) is 17.4. The van der Waals surface area contributed by atoms with Crippen molar-refractivity contribution in [3.8, 4) is 0 Å². The molecule has 0 aliphatic heterocycles. The highest BCUT2D eigenvalue weighted by molar-refractivity contribution is 5.75. The molecule has 2 N–H and O–H groups in total. The Hall–Kier alpha value is -1.06. The summed E-state index contributed by atoms with van der Waals surface area (Å²) in [5.41, 5.74) is -0.758. The Kier molecular flexibility index (Phi) is 23.6. The highest BCUT2D eigenvalue weighted by Crippen LogP contribution is 2.44. The largest absolute Gasteiger partial charge is 0.481 e. The van der Waals surface area contributed by atoms with Gasteiger partial charge < -0.3 is 10.2 Å². The van der Waals surface area contributed by atoms with E-state index in [0.29, 0.717) is 19.3 Å². The number of carbonyl (C=O) groups is 2. The van der Waals surface area contributed by atoms with Crippen LogP contribution in [0.15, 0.2) is 0 Å². The van der Waals surface area contributed by atoms with E-state index in [-0.39, 0.29) is 12.3 Å². The van der Waals surface area contributed by atoms with Crippen molar-refractivity contribution in [1.82, 2.24) is 0 Å². The third kappa shape index (κ3) is 17.4. The van der Waals surface area contributed by atoms with Gasteiger partial charge in [0.2, 0.25) is 0 Å². The molecule has 0 spiro atoms. The minimum absolute atomic E-state index is 0.0301. The standard InChI is InChI=1S/C32H62O4/c1-4-7-10-13-16-17-20-23-28-32(31(35)36,27-22-19-15-12-9-6-3)29(25-26-30(33)34)24-21-18-14-11-8-5-2/h29H,4-28H2,1-3H3,(H,33,34)(H,35,36). The van der Waals surface area contributed by atoms with E-state index in [4.69, 9.17) is 0 Å². The Bertz CT molecular complexity index is 518. The number of rotatable bonds is 28. The van der Waals surface area contributed by atoms with Crippen molar-refractivity contribution in [1.29, 1.82) is 0 Å². The molecule has 0 radical (unpaired) electrons. The first-order valence-corrected chi connectivity index (χ1v) is 15.9. The Morgan fingerprint density at radius 1 is 0.528 bits per heavy atom. The lowest BCUT2D eigenvalue weighted by Gasteiger charge is -2.38. The van der Waals surface area contributed by atoms with Crippen LogP contribution < -0.4 is 0 Å². The Morgan fingerprint density at radius 2 is 0.889 bits per heavy atom. The molecule has 0 rings (SSSR count). The van der Waals surface area contributed by atoms with Gasteiger partial charge in [0.25, 0.3) is 0 Å². The van der Waals surface area contributed by atoms with E-state index >= 15 is 0 Å². The molecule has 2 unspecified atom stereocenters. The molecular formula is C32H62O4. The summed E-state index contributed by atoms with van der Waals surface area (Å²) < 4.78 is 0. The molecule has 0 aromatic rings. The molecule has 214 valence electrons. The zero-order chi connectivity index (χ0) is 26.9. The number of carboxylic acids is 2. The normalized spacial score (nSPS) is 14.0. The van der Waals surface area contributed by atoms with Crippen molar-refractivity contribution in [3.63, 3.8) is 0 Å². The average Bonchev–Trinajstić information content (AvgIpc) is 2.85. The Labute approximate surface area is 224 Å². The van der Waals surface area contributed by atoms with Crippen LogP contribution in [-0.4, -0.2) is 22.2 Å². The summed E-state index contributed by atoms with van der Waals surface area (Å²) in [6.07, 6.45) is 26.5. The summed E-state index contributed by atoms with van der Waals surface area (Å²) >= 11 is 0. The van der Waals surface area contributed by atoms with E-state index < -0.39 is 17.4 Å². The van der Waals surface area contributed by atoms with E-state index in [2.05, 4.69) is 20.8 Å². The van der Waals surface area contributed by atoms with Crippen LogP contribution in [-0.2, 0) is 9.59 Å². The quantitative estimate of drug-likeness (QED) is 0.103. The van der Waals surface area contributed by atoms with Crippen molar-refractivity contribution in [2.75, 3.05) is 0 Å². The van der Waals surface area contributed by atoms with Gasteiger partial charge in [0.05, 0.1) is 5.41 Å². The van der Waals surface area contributed by atoms with Crippen LogP contribution in [0.5, 0.6) is 0 Å². The molecule has 36 heavy (non-hydrogen) atoms. The summed E-state index contributed by atoms with van der Waals surface area (Å²) in [7, 11) is 0. The van der Waals surface area contributed by atoms with Gasteiger partial charge in [-0.2, -0.15) is 0 Å². The minimum Gasteiger partial charge on any atom is -0.481 e. The second kappa shape index (κ2) is 24.3. The molecule has 0 heterocycles. The molecule has 0 saturated carbocycles. The van der Waals surface area contributed by atoms with E-state index in [0.717, 1.165) is 44.9 Å². The highest BCUT2D eigenvalue weighted by atomic mass is 16.4. The minimum atomic E-state index is -0.797. The number of hydrogen-bond acceptors (Lipinski definition) is 2. The molecule has 0 amide bonds. The Balaban J connectivity index is 5.24. The summed E-state index contributed by atoms with van der Waals surface area (Å²) in [6.45, 7) is 6.67. The van der Waals surface area contributed by atoms with Gasteiger partial charge in [0.15, 0.2) is 0 Å². The van der Waals surface area contributed by atoms with Gasteiger partial charge in [0.1, 0.15) is 0 Å². The zero-order valence-electron chi connectivity index (χ0n) is 24.5. The van der Waals surface area contributed by atoms with E-state index in [1.807, 2.05) is 0 Å². The van der Waals surface area contributed by atoms with Crippen LogP contribution in [0.25, 0.3) is 0 Å². The predicted octanol–water partition coefficient (Wildman–Crippen LogP) is 10.6. The van der Waals surface area contributed by atoms with Gasteiger partial charge in [-0.3, -0.25) is 9.59 Å². The molecule has 4 nitrogen and oxygen atoms in total. The maximum atomic E-state index is 12.9. The summed E-state index contributed by atoms with van der Waals surface area (Å²) in [5, 5.41) is 20.0. The van der Waals surface area contributed by atoms with Crippen molar-refractivity contribution in [3.05, 3.63) is 0 Å². The van der Waals surface area contributed by atoms with Gasteiger partial charge in [-0.05, 0) is 31.6 Å². The summed E-state index contributed by atoms with van der Waals surface area (Å²) in [6, 6.07) is 0. The average molecular weight is 511 g/mol. The van der Waals surface area contributed by atoms with Gasteiger partial charge in [-0.1, -0.05) is 149 Å². The number of hydrogen-bond donors (Lipinski definition) is 2. The van der Waals surface area contributed by atoms with Crippen molar-refractivity contribution < 1.29 is 19.8 Å². The van der Waals surface area contributed by atoms with Crippen LogP contribution >= 0.6 is 0 Å².